The largest absolute Gasteiger partial charge is 0.493 e. The van der Waals surface area contributed by atoms with Crippen LogP contribution in [0.3, 0.4) is 0 Å². The summed E-state index contributed by atoms with van der Waals surface area (Å²) in [6.07, 6.45) is 0.260. The van der Waals surface area contributed by atoms with Crippen molar-refractivity contribution in [2.24, 2.45) is 5.73 Å². The lowest BCUT2D eigenvalue weighted by molar-refractivity contribution is 0.0984. The van der Waals surface area contributed by atoms with E-state index in [0.717, 1.165) is 5.56 Å². The Morgan fingerprint density at radius 3 is 2.53 bits per heavy atom. The van der Waals surface area contributed by atoms with Gasteiger partial charge in [-0.15, -0.1) is 0 Å². The van der Waals surface area contributed by atoms with Crippen LogP contribution in [0.5, 0.6) is 11.5 Å². The number of rotatable bonds is 5. The Bertz CT molecular complexity index is 432. The zero-order valence-electron chi connectivity index (χ0n) is 10.2. The lowest BCUT2D eigenvalue weighted by Crippen LogP contribution is -2.11. The quantitative estimate of drug-likeness (QED) is 0.822. The Morgan fingerprint density at radius 1 is 1.41 bits per heavy atom. The van der Waals surface area contributed by atoms with Crippen molar-refractivity contribution in [3.63, 3.8) is 0 Å². The van der Waals surface area contributed by atoms with Gasteiger partial charge in [-0.25, -0.2) is 0 Å². The fraction of sp³-hybridized carbons (Fsp3) is 0.417. The molecule has 1 rings (SSSR count). The van der Waals surface area contributed by atoms with Crippen molar-refractivity contribution < 1.29 is 14.3 Å². The summed E-state index contributed by atoms with van der Waals surface area (Å²) in [5.41, 5.74) is 6.58. The third kappa shape index (κ3) is 2.70. The van der Waals surface area contributed by atoms with Crippen LogP contribution < -0.4 is 15.2 Å². The standard InChI is InChI=1S/C12H16ClNO3/c1-7-6-9(16-2)12(17-3)11(13)10(7)8(15)4-5-14/h6H,4-5,14H2,1-3H3. The van der Waals surface area contributed by atoms with E-state index in [2.05, 4.69) is 0 Å². The van der Waals surface area contributed by atoms with E-state index >= 15 is 0 Å². The maximum absolute atomic E-state index is 11.9. The Labute approximate surface area is 106 Å². The molecular weight excluding hydrogens is 242 g/mol. The van der Waals surface area contributed by atoms with Gasteiger partial charge in [-0.05, 0) is 25.1 Å². The van der Waals surface area contributed by atoms with E-state index in [4.69, 9.17) is 26.8 Å². The molecule has 0 saturated carbocycles. The predicted molar refractivity (Wildman–Crippen MR) is 67.3 cm³/mol. The number of aryl methyl sites for hydroxylation is 1. The number of ether oxygens (including phenoxy) is 2. The molecule has 1 aromatic rings. The van der Waals surface area contributed by atoms with Gasteiger partial charge in [0.2, 0.25) is 0 Å². The van der Waals surface area contributed by atoms with Crippen molar-refractivity contribution in [2.75, 3.05) is 20.8 Å². The third-order valence-electron chi connectivity index (χ3n) is 2.46. The fourth-order valence-electron chi connectivity index (χ4n) is 1.67. The number of hydrogen-bond donors (Lipinski definition) is 1. The van der Waals surface area contributed by atoms with Crippen LogP contribution in [-0.2, 0) is 0 Å². The molecule has 94 valence electrons. The summed E-state index contributed by atoms with van der Waals surface area (Å²) in [5.74, 6) is 0.801. The molecule has 0 bridgehead atoms. The van der Waals surface area contributed by atoms with Crippen LogP contribution in [0.2, 0.25) is 5.02 Å². The second-order valence-electron chi connectivity index (χ2n) is 3.58. The molecule has 4 nitrogen and oxygen atoms in total. The molecule has 0 aliphatic heterocycles. The fourth-order valence-corrected chi connectivity index (χ4v) is 2.09. The smallest absolute Gasteiger partial charge is 0.180 e. The maximum atomic E-state index is 11.9. The molecule has 0 atom stereocenters. The summed E-state index contributed by atoms with van der Waals surface area (Å²) in [7, 11) is 3.01. The lowest BCUT2D eigenvalue weighted by Gasteiger charge is -2.14. The average Bonchev–Trinajstić information content (AvgIpc) is 2.28. The summed E-state index contributed by atoms with van der Waals surface area (Å²) in [4.78, 5) is 11.9. The minimum atomic E-state index is -0.0871. The van der Waals surface area contributed by atoms with Crippen LogP contribution in [0.15, 0.2) is 6.07 Å². The molecule has 0 aliphatic carbocycles. The Hall–Kier alpha value is -1.26. The summed E-state index contributed by atoms with van der Waals surface area (Å²) >= 11 is 6.16. The number of ketones is 1. The molecular formula is C12H16ClNO3. The minimum absolute atomic E-state index is 0.0871. The van der Waals surface area contributed by atoms with E-state index in [1.54, 1.807) is 13.0 Å². The van der Waals surface area contributed by atoms with E-state index < -0.39 is 0 Å². The van der Waals surface area contributed by atoms with Crippen LogP contribution in [0.1, 0.15) is 22.3 Å². The van der Waals surface area contributed by atoms with Crippen LogP contribution in [0, 0.1) is 6.92 Å². The highest BCUT2D eigenvalue weighted by molar-refractivity contribution is 6.36. The molecule has 0 radical (unpaired) electrons. The van der Waals surface area contributed by atoms with Gasteiger partial charge in [0, 0.05) is 12.0 Å². The van der Waals surface area contributed by atoms with Gasteiger partial charge in [0.25, 0.3) is 0 Å². The van der Waals surface area contributed by atoms with Gasteiger partial charge in [-0.3, -0.25) is 4.79 Å². The SMILES string of the molecule is COc1cc(C)c(C(=O)CCN)c(Cl)c1OC. The Kier molecular flexibility index (Phi) is 4.78. The molecule has 2 N–H and O–H groups in total. The molecule has 0 heterocycles. The Morgan fingerprint density at radius 2 is 2.06 bits per heavy atom. The number of carbonyl (C=O) groups excluding carboxylic acids is 1. The van der Waals surface area contributed by atoms with Gasteiger partial charge in [0.1, 0.15) is 0 Å². The number of hydrogen-bond acceptors (Lipinski definition) is 4. The van der Waals surface area contributed by atoms with Gasteiger partial charge in [-0.2, -0.15) is 0 Å². The van der Waals surface area contributed by atoms with E-state index in [1.807, 2.05) is 0 Å². The van der Waals surface area contributed by atoms with Crippen molar-refractivity contribution in [3.8, 4) is 11.5 Å². The molecule has 0 aromatic heterocycles. The normalized spacial score (nSPS) is 10.2. The lowest BCUT2D eigenvalue weighted by atomic mass is 10.0. The first-order chi connectivity index (χ1) is 8.06. The summed E-state index contributed by atoms with van der Waals surface area (Å²) < 4.78 is 10.3. The summed E-state index contributed by atoms with van der Waals surface area (Å²) in [5, 5.41) is 0.280. The van der Waals surface area contributed by atoms with Crippen LogP contribution in [0.4, 0.5) is 0 Å². The van der Waals surface area contributed by atoms with Crippen molar-refractivity contribution in [3.05, 3.63) is 22.2 Å². The molecule has 0 spiro atoms. The monoisotopic (exact) mass is 257 g/mol. The highest BCUT2D eigenvalue weighted by Crippen LogP contribution is 2.39. The number of Topliss-reactive ketones (excluding diaryl/α,β-unsaturated/α-hetero) is 1. The van der Waals surface area contributed by atoms with Crippen molar-refractivity contribution >= 4 is 17.4 Å². The van der Waals surface area contributed by atoms with Gasteiger partial charge < -0.3 is 15.2 Å². The minimum Gasteiger partial charge on any atom is -0.493 e. The van der Waals surface area contributed by atoms with Gasteiger partial charge in [0.15, 0.2) is 17.3 Å². The first-order valence-electron chi connectivity index (χ1n) is 5.21. The topological polar surface area (TPSA) is 61.5 Å². The zero-order chi connectivity index (χ0) is 13.0. The highest BCUT2D eigenvalue weighted by Gasteiger charge is 2.20. The van der Waals surface area contributed by atoms with Crippen molar-refractivity contribution in [1.82, 2.24) is 0 Å². The summed E-state index contributed by atoms with van der Waals surface area (Å²) in [6.45, 7) is 2.10. The molecule has 0 aliphatic rings. The molecule has 0 fully saturated rings. The number of carbonyl (C=O) groups is 1. The van der Waals surface area contributed by atoms with Gasteiger partial charge in [0.05, 0.1) is 19.2 Å². The van der Waals surface area contributed by atoms with Crippen LogP contribution in [0.25, 0.3) is 0 Å². The number of nitrogens with two attached hydrogens (primary N) is 1. The number of benzene rings is 1. The molecule has 1 aromatic carbocycles. The summed E-state index contributed by atoms with van der Waals surface area (Å²) in [6, 6.07) is 1.73. The van der Waals surface area contributed by atoms with Gasteiger partial charge >= 0.3 is 0 Å². The second-order valence-corrected chi connectivity index (χ2v) is 3.96. The molecule has 0 amide bonds. The zero-order valence-corrected chi connectivity index (χ0v) is 10.9. The number of halogens is 1. The van der Waals surface area contributed by atoms with E-state index in [-0.39, 0.29) is 17.2 Å². The Balaban J connectivity index is 3.36. The van der Waals surface area contributed by atoms with Gasteiger partial charge in [-0.1, -0.05) is 11.6 Å². The van der Waals surface area contributed by atoms with Crippen molar-refractivity contribution in [2.45, 2.75) is 13.3 Å². The molecule has 5 heteroatoms. The molecule has 0 unspecified atom stereocenters. The number of methoxy groups -OCH3 is 2. The van der Waals surface area contributed by atoms with Crippen LogP contribution >= 0.6 is 11.6 Å². The highest BCUT2D eigenvalue weighted by atomic mass is 35.5. The van der Waals surface area contributed by atoms with Crippen molar-refractivity contribution in [1.29, 1.82) is 0 Å². The third-order valence-corrected chi connectivity index (χ3v) is 2.82. The first-order valence-corrected chi connectivity index (χ1v) is 5.58. The maximum Gasteiger partial charge on any atom is 0.180 e. The predicted octanol–water partition coefficient (Wildman–Crippen LogP) is 2.20. The first kappa shape index (κ1) is 13.8. The van der Waals surface area contributed by atoms with E-state index in [9.17, 15) is 4.79 Å². The molecule has 17 heavy (non-hydrogen) atoms. The van der Waals surface area contributed by atoms with E-state index in [1.165, 1.54) is 14.2 Å². The van der Waals surface area contributed by atoms with E-state index in [0.29, 0.717) is 23.6 Å². The second kappa shape index (κ2) is 5.89. The average molecular weight is 258 g/mol. The molecule has 0 saturated heterocycles. The van der Waals surface area contributed by atoms with Crippen LogP contribution in [-0.4, -0.2) is 26.5 Å².